The summed E-state index contributed by atoms with van der Waals surface area (Å²) in [6.45, 7) is 0.574. The molecule has 0 radical (unpaired) electrons. The minimum Gasteiger partial charge on any atom is -0.497 e. The third-order valence-corrected chi connectivity index (χ3v) is 4.55. The van der Waals surface area contributed by atoms with Crippen LogP contribution < -0.4 is 24.4 Å². The first-order valence-electron chi connectivity index (χ1n) is 9.33. The molecule has 0 fully saturated rings. The lowest BCUT2D eigenvalue weighted by Crippen LogP contribution is -2.41. The Bertz CT molecular complexity index is 1030. The highest BCUT2D eigenvalue weighted by Gasteiger charge is 2.26. The summed E-state index contributed by atoms with van der Waals surface area (Å²) in [4.78, 5) is 26.2. The van der Waals surface area contributed by atoms with E-state index in [0.717, 1.165) is 5.75 Å². The Morgan fingerprint density at radius 1 is 1.13 bits per heavy atom. The second-order valence-electron chi connectivity index (χ2n) is 6.47. The van der Waals surface area contributed by atoms with E-state index < -0.39 is 0 Å². The zero-order chi connectivity index (χ0) is 20.9. The molecule has 4 rings (SSSR count). The number of carbonyl (C=O) groups excluding carboxylic acids is 2. The summed E-state index contributed by atoms with van der Waals surface area (Å²) in [6.07, 6.45) is 1.43. The molecule has 154 valence electrons. The highest BCUT2D eigenvalue weighted by molar-refractivity contribution is 6.03. The fourth-order valence-corrected chi connectivity index (χ4v) is 3.05. The van der Waals surface area contributed by atoms with Crippen LogP contribution in [0.1, 0.15) is 10.6 Å². The van der Waals surface area contributed by atoms with Gasteiger partial charge in [-0.1, -0.05) is 0 Å². The van der Waals surface area contributed by atoms with Crippen molar-refractivity contribution in [3.05, 3.63) is 66.6 Å². The number of rotatable bonds is 7. The monoisotopic (exact) mass is 408 g/mol. The lowest BCUT2D eigenvalue weighted by Gasteiger charge is -2.29. The van der Waals surface area contributed by atoms with Gasteiger partial charge in [-0.25, -0.2) is 0 Å². The predicted octanol–water partition coefficient (Wildman–Crippen LogP) is 3.34. The van der Waals surface area contributed by atoms with Crippen molar-refractivity contribution in [3.8, 4) is 17.2 Å². The van der Waals surface area contributed by atoms with Crippen LogP contribution in [0.3, 0.4) is 0 Å². The number of amides is 2. The summed E-state index contributed by atoms with van der Waals surface area (Å²) in [6, 6.07) is 15.5. The van der Waals surface area contributed by atoms with Crippen LogP contribution in [-0.2, 0) is 4.79 Å². The molecule has 1 aliphatic rings. The third-order valence-electron chi connectivity index (χ3n) is 4.55. The number of hydrogen-bond donors (Lipinski definition) is 1. The van der Waals surface area contributed by atoms with Gasteiger partial charge in [0.1, 0.15) is 23.9 Å². The van der Waals surface area contributed by atoms with Crippen molar-refractivity contribution < 1.29 is 28.2 Å². The van der Waals surface area contributed by atoms with Gasteiger partial charge >= 0.3 is 0 Å². The first-order chi connectivity index (χ1) is 14.6. The number of furan rings is 1. The number of fused-ring (bicyclic) bond motifs is 1. The van der Waals surface area contributed by atoms with Crippen LogP contribution >= 0.6 is 0 Å². The highest BCUT2D eigenvalue weighted by Crippen LogP contribution is 2.34. The normalized spacial score (nSPS) is 12.7. The van der Waals surface area contributed by atoms with Crippen LogP contribution in [0.15, 0.2) is 65.3 Å². The average Bonchev–Trinajstić information content (AvgIpc) is 3.31. The van der Waals surface area contributed by atoms with Gasteiger partial charge in [-0.15, -0.1) is 0 Å². The fourth-order valence-electron chi connectivity index (χ4n) is 3.05. The van der Waals surface area contributed by atoms with Crippen molar-refractivity contribution in [2.75, 3.05) is 37.1 Å². The highest BCUT2D eigenvalue weighted by atomic mass is 16.5. The smallest absolute Gasteiger partial charge is 0.291 e. The van der Waals surface area contributed by atoms with Crippen molar-refractivity contribution in [1.29, 1.82) is 0 Å². The van der Waals surface area contributed by atoms with Crippen LogP contribution in [-0.4, -0.2) is 38.7 Å². The quantitative estimate of drug-likeness (QED) is 0.645. The largest absolute Gasteiger partial charge is 0.497 e. The van der Waals surface area contributed by atoms with E-state index in [1.165, 1.54) is 6.26 Å². The van der Waals surface area contributed by atoms with E-state index in [1.54, 1.807) is 66.6 Å². The Morgan fingerprint density at radius 3 is 2.67 bits per heavy atom. The summed E-state index contributed by atoms with van der Waals surface area (Å²) in [5.74, 6) is 1.62. The lowest BCUT2D eigenvalue weighted by molar-refractivity contribution is -0.121. The molecule has 2 aromatic carbocycles. The fraction of sp³-hybridized carbons (Fsp3) is 0.182. The molecule has 0 saturated heterocycles. The first-order valence-corrected chi connectivity index (χ1v) is 9.33. The van der Waals surface area contributed by atoms with Crippen LogP contribution in [0.5, 0.6) is 17.2 Å². The summed E-state index contributed by atoms with van der Waals surface area (Å²) in [5, 5.41) is 2.75. The minimum atomic E-state index is -0.377. The molecule has 0 bridgehead atoms. The van der Waals surface area contributed by atoms with Crippen molar-refractivity contribution in [1.82, 2.24) is 0 Å². The van der Waals surface area contributed by atoms with E-state index >= 15 is 0 Å². The Kier molecular flexibility index (Phi) is 5.56. The molecule has 30 heavy (non-hydrogen) atoms. The molecule has 0 atom stereocenters. The first kappa shape index (κ1) is 19.4. The van der Waals surface area contributed by atoms with E-state index in [2.05, 4.69) is 5.32 Å². The number of anilines is 2. The number of carbonyl (C=O) groups is 2. The van der Waals surface area contributed by atoms with Crippen molar-refractivity contribution >= 4 is 23.2 Å². The number of methoxy groups -OCH3 is 1. The molecule has 8 nitrogen and oxygen atoms in total. The maximum Gasteiger partial charge on any atom is 0.291 e. The van der Waals surface area contributed by atoms with Crippen LogP contribution in [0.4, 0.5) is 11.4 Å². The minimum absolute atomic E-state index is 0.0480. The van der Waals surface area contributed by atoms with E-state index in [1.807, 2.05) is 0 Å². The molecule has 0 spiro atoms. The molecule has 2 amide bonds. The lowest BCUT2D eigenvalue weighted by atomic mass is 10.2. The van der Waals surface area contributed by atoms with E-state index in [4.69, 9.17) is 18.6 Å². The molecule has 8 heteroatoms. The predicted molar refractivity (Wildman–Crippen MR) is 109 cm³/mol. The van der Waals surface area contributed by atoms with Crippen LogP contribution in [0, 0.1) is 0 Å². The summed E-state index contributed by atoms with van der Waals surface area (Å²) in [7, 11) is 1.60. The van der Waals surface area contributed by atoms with Crippen molar-refractivity contribution in [3.63, 3.8) is 0 Å². The Balaban J connectivity index is 1.45. The number of ether oxygens (including phenoxy) is 3. The van der Waals surface area contributed by atoms with Gasteiger partial charge in [0.15, 0.2) is 12.4 Å². The maximum absolute atomic E-state index is 12.4. The molecule has 1 aliphatic heterocycles. The number of nitrogens with one attached hydrogen (secondary N) is 1. The van der Waals surface area contributed by atoms with Gasteiger partial charge in [0.25, 0.3) is 11.8 Å². The van der Waals surface area contributed by atoms with Crippen molar-refractivity contribution in [2.24, 2.45) is 0 Å². The second kappa shape index (κ2) is 8.60. The van der Waals surface area contributed by atoms with E-state index in [9.17, 15) is 9.59 Å². The van der Waals surface area contributed by atoms with Crippen molar-refractivity contribution in [2.45, 2.75) is 0 Å². The zero-order valence-electron chi connectivity index (χ0n) is 16.3. The standard InChI is InChI=1S/C22H20N2O6/c1-27-16-5-7-17(8-6-16)28-12-10-24-18-13-15(4-9-19(18)30-14-21(24)25)23-22(26)20-3-2-11-29-20/h2-9,11,13H,10,12,14H2,1H3,(H,23,26). The van der Waals surface area contributed by atoms with Gasteiger partial charge < -0.3 is 28.8 Å². The molecule has 0 aliphatic carbocycles. The topological polar surface area (TPSA) is 90.2 Å². The summed E-state index contributed by atoms with van der Waals surface area (Å²) < 4.78 is 21.5. The SMILES string of the molecule is COc1ccc(OCCN2C(=O)COc3ccc(NC(=O)c4ccco4)cc32)cc1. The molecule has 2 heterocycles. The van der Waals surface area contributed by atoms with Gasteiger partial charge in [0, 0.05) is 5.69 Å². The molecular weight excluding hydrogens is 388 g/mol. The third kappa shape index (κ3) is 4.22. The van der Waals surface area contributed by atoms with E-state index in [-0.39, 0.29) is 24.2 Å². The van der Waals surface area contributed by atoms with Gasteiger partial charge in [-0.05, 0) is 54.6 Å². The molecule has 0 saturated carbocycles. The zero-order valence-corrected chi connectivity index (χ0v) is 16.3. The van der Waals surface area contributed by atoms with Crippen LogP contribution in [0.2, 0.25) is 0 Å². The molecule has 1 aromatic heterocycles. The number of benzene rings is 2. The average molecular weight is 408 g/mol. The molecule has 0 unspecified atom stereocenters. The Hall–Kier alpha value is -3.94. The van der Waals surface area contributed by atoms with Gasteiger partial charge in [-0.2, -0.15) is 0 Å². The Morgan fingerprint density at radius 2 is 1.93 bits per heavy atom. The number of nitrogens with zero attached hydrogens (tertiary/aromatic N) is 1. The number of hydrogen-bond acceptors (Lipinski definition) is 6. The van der Waals surface area contributed by atoms with Gasteiger partial charge in [0.2, 0.25) is 0 Å². The maximum atomic E-state index is 12.4. The molecular formula is C22H20N2O6. The summed E-state index contributed by atoms with van der Waals surface area (Å²) >= 11 is 0. The molecule has 3 aromatic rings. The van der Waals surface area contributed by atoms with Gasteiger partial charge in [-0.3, -0.25) is 9.59 Å². The Labute approximate surface area is 172 Å². The molecule has 1 N–H and O–H groups in total. The van der Waals surface area contributed by atoms with Crippen LogP contribution in [0.25, 0.3) is 0 Å². The van der Waals surface area contributed by atoms with Gasteiger partial charge in [0.05, 0.1) is 25.6 Å². The summed E-state index contributed by atoms with van der Waals surface area (Å²) in [5.41, 5.74) is 1.09. The van der Waals surface area contributed by atoms with E-state index in [0.29, 0.717) is 36.0 Å². The second-order valence-corrected chi connectivity index (χ2v) is 6.47.